The molecule has 0 saturated heterocycles. The standard InChI is InChI=1S/C11H10N3/c1-13-7-11-12-6-9-4-2-3-5-10(9)14(11)8-13/h2-8H,1H3/q+1. The van der Waals surface area contributed by atoms with E-state index in [1.807, 2.05) is 42.5 Å². The minimum atomic E-state index is 0.978. The molecule has 2 heterocycles. The Hall–Kier alpha value is -1.90. The summed E-state index contributed by atoms with van der Waals surface area (Å²) in [5.41, 5.74) is 2.17. The predicted octanol–water partition coefficient (Wildman–Crippen LogP) is 1.31. The normalized spacial score (nSPS) is 11.2. The van der Waals surface area contributed by atoms with Crippen molar-refractivity contribution in [2.24, 2.45) is 7.05 Å². The fourth-order valence-electron chi connectivity index (χ4n) is 1.75. The van der Waals surface area contributed by atoms with Gasteiger partial charge < -0.3 is 0 Å². The first-order chi connectivity index (χ1) is 6.84. The molecule has 0 aliphatic rings. The van der Waals surface area contributed by atoms with Crippen molar-refractivity contribution in [3.63, 3.8) is 0 Å². The first kappa shape index (κ1) is 7.50. The van der Waals surface area contributed by atoms with Crippen LogP contribution in [0.1, 0.15) is 0 Å². The van der Waals surface area contributed by atoms with E-state index < -0.39 is 0 Å². The second-order valence-electron chi connectivity index (χ2n) is 3.46. The zero-order chi connectivity index (χ0) is 9.54. The minimum absolute atomic E-state index is 0.978. The Kier molecular flexibility index (Phi) is 1.36. The van der Waals surface area contributed by atoms with Crippen LogP contribution >= 0.6 is 0 Å². The molecule has 0 amide bonds. The molecule has 0 unspecified atom stereocenters. The van der Waals surface area contributed by atoms with E-state index in [9.17, 15) is 0 Å². The van der Waals surface area contributed by atoms with E-state index in [2.05, 4.69) is 21.5 Å². The van der Waals surface area contributed by atoms with Gasteiger partial charge in [-0.3, -0.25) is 0 Å². The van der Waals surface area contributed by atoms with E-state index in [1.165, 1.54) is 5.52 Å². The Balaban J connectivity index is 2.60. The molecule has 0 N–H and O–H groups in total. The summed E-state index contributed by atoms with van der Waals surface area (Å²) in [7, 11) is 2.00. The van der Waals surface area contributed by atoms with E-state index >= 15 is 0 Å². The van der Waals surface area contributed by atoms with E-state index in [-0.39, 0.29) is 0 Å². The molecule has 0 radical (unpaired) electrons. The number of hydrogen-bond acceptors (Lipinski definition) is 1. The largest absolute Gasteiger partial charge is 0.265 e. The monoisotopic (exact) mass is 184 g/mol. The lowest BCUT2D eigenvalue weighted by molar-refractivity contribution is -0.669. The summed E-state index contributed by atoms with van der Waals surface area (Å²) < 4.78 is 4.10. The average molecular weight is 184 g/mol. The van der Waals surface area contributed by atoms with Crippen LogP contribution in [0.4, 0.5) is 0 Å². The molecular weight excluding hydrogens is 174 g/mol. The summed E-state index contributed by atoms with van der Waals surface area (Å²) in [4.78, 5) is 4.37. The Labute approximate surface area is 81.2 Å². The SMILES string of the molecule is C[n+]1cc2ncc3ccccc3n2c1. The maximum absolute atomic E-state index is 4.37. The molecule has 0 atom stereocenters. The summed E-state index contributed by atoms with van der Waals surface area (Å²) >= 11 is 0. The maximum atomic E-state index is 4.37. The van der Waals surface area contributed by atoms with Gasteiger partial charge in [0, 0.05) is 11.6 Å². The van der Waals surface area contributed by atoms with Gasteiger partial charge in [0.25, 0.3) is 12.0 Å². The van der Waals surface area contributed by atoms with Gasteiger partial charge in [-0.1, -0.05) is 12.1 Å². The van der Waals surface area contributed by atoms with Crippen LogP contribution in [0.5, 0.6) is 0 Å². The molecular formula is C11H10N3+. The maximum Gasteiger partial charge on any atom is 0.265 e. The quantitative estimate of drug-likeness (QED) is 0.483. The Bertz CT molecular complexity index is 610. The summed E-state index contributed by atoms with van der Waals surface area (Å²) in [5.74, 6) is 0. The van der Waals surface area contributed by atoms with Crippen molar-refractivity contribution in [2.45, 2.75) is 0 Å². The van der Waals surface area contributed by atoms with Crippen LogP contribution in [0.15, 0.2) is 43.0 Å². The third-order valence-corrected chi connectivity index (χ3v) is 2.40. The van der Waals surface area contributed by atoms with Gasteiger partial charge in [-0.15, -0.1) is 0 Å². The van der Waals surface area contributed by atoms with Crippen molar-refractivity contribution in [3.05, 3.63) is 43.0 Å². The third-order valence-electron chi connectivity index (χ3n) is 2.40. The molecule has 3 aromatic rings. The third kappa shape index (κ3) is 0.923. The molecule has 3 rings (SSSR count). The van der Waals surface area contributed by atoms with Crippen LogP contribution in [-0.4, -0.2) is 9.38 Å². The van der Waals surface area contributed by atoms with E-state index in [0.717, 1.165) is 11.0 Å². The molecule has 1 aromatic carbocycles. The smallest absolute Gasteiger partial charge is 0.237 e. The van der Waals surface area contributed by atoms with Gasteiger partial charge >= 0.3 is 0 Å². The van der Waals surface area contributed by atoms with Crippen molar-refractivity contribution >= 4 is 16.6 Å². The predicted molar refractivity (Wildman–Crippen MR) is 53.9 cm³/mol. The molecule has 3 heteroatoms. The van der Waals surface area contributed by atoms with E-state index in [0.29, 0.717) is 0 Å². The first-order valence-corrected chi connectivity index (χ1v) is 4.56. The first-order valence-electron chi connectivity index (χ1n) is 4.56. The number of rotatable bonds is 0. The van der Waals surface area contributed by atoms with Gasteiger partial charge in [0.15, 0.2) is 6.20 Å². The summed E-state index contributed by atoms with van der Waals surface area (Å²) in [6.45, 7) is 0. The number of imidazole rings is 1. The molecule has 0 saturated carbocycles. The van der Waals surface area contributed by atoms with E-state index in [4.69, 9.17) is 0 Å². The molecule has 3 nitrogen and oxygen atoms in total. The molecule has 2 aromatic heterocycles. The van der Waals surface area contributed by atoms with Gasteiger partial charge in [-0.25, -0.2) is 9.55 Å². The highest BCUT2D eigenvalue weighted by molar-refractivity contribution is 5.80. The molecule has 0 spiro atoms. The molecule has 0 aliphatic carbocycles. The average Bonchev–Trinajstić information content (AvgIpc) is 2.59. The number of aromatic nitrogens is 3. The van der Waals surface area contributed by atoms with Crippen molar-refractivity contribution in [1.29, 1.82) is 0 Å². The van der Waals surface area contributed by atoms with Crippen LogP contribution in [0.3, 0.4) is 0 Å². The van der Waals surface area contributed by atoms with Crippen LogP contribution in [0.25, 0.3) is 16.6 Å². The molecule has 68 valence electrons. The molecule has 0 aliphatic heterocycles. The van der Waals surface area contributed by atoms with Gasteiger partial charge in [0.1, 0.15) is 5.52 Å². The zero-order valence-corrected chi connectivity index (χ0v) is 7.88. The number of benzene rings is 1. The Morgan fingerprint density at radius 1 is 1.29 bits per heavy atom. The fourth-order valence-corrected chi connectivity index (χ4v) is 1.75. The highest BCUT2D eigenvalue weighted by Gasteiger charge is 2.07. The number of fused-ring (bicyclic) bond motifs is 3. The van der Waals surface area contributed by atoms with Crippen molar-refractivity contribution in [1.82, 2.24) is 9.38 Å². The van der Waals surface area contributed by atoms with Gasteiger partial charge in [0.05, 0.1) is 7.05 Å². The van der Waals surface area contributed by atoms with Gasteiger partial charge in [-0.05, 0) is 12.1 Å². The summed E-state index contributed by atoms with van der Waals surface area (Å²) in [6.07, 6.45) is 5.95. The van der Waals surface area contributed by atoms with Gasteiger partial charge in [-0.2, -0.15) is 4.40 Å². The van der Waals surface area contributed by atoms with Crippen LogP contribution in [0.2, 0.25) is 0 Å². The number of aryl methyl sites for hydroxylation is 1. The number of nitrogens with zero attached hydrogens (tertiary/aromatic N) is 3. The highest BCUT2D eigenvalue weighted by atomic mass is 15.1. The fraction of sp³-hybridized carbons (Fsp3) is 0.0909. The Morgan fingerprint density at radius 2 is 2.14 bits per heavy atom. The zero-order valence-electron chi connectivity index (χ0n) is 7.88. The molecule has 0 fully saturated rings. The van der Waals surface area contributed by atoms with Crippen LogP contribution in [0, 0.1) is 0 Å². The van der Waals surface area contributed by atoms with E-state index in [1.54, 1.807) is 0 Å². The van der Waals surface area contributed by atoms with Crippen LogP contribution < -0.4 is 4.57 Å². The topological polar surface area (TPSA) is 21.2 Å². The van der Waals surface area contributed by atoms with Crippen LogP contribution in [-0.2, 0) is 7.05 Å². The lowest BCUT2D eigenvalue weighted by Gasteiger charge is -1.93. The second kappa shape index (κ2) is 2.54. The lowest BCUT2D eigenvalue weighted by Crippen LogP contribution is -2.23. The van der Waals surface area contributed by atoms with Crippen molar-refractivity contribution in [3.8, 4) is 0 Å². The molecule has 0 bridgehead atoms. The summed E-state index contributed by atoms with van der Waals surface area (Å²) in [5, 5.41) is 1.16. The summed E-state index contributed by atoms with van der Waals surface area (Å²) in [6, 6.07) is 8.24. The number of hydrogen-bond donors (Lipinski definition) is 0. The van der Waals surface area contributed by atoms with Crippen molar-refractivity contribution < 1.29 is 4.57 Å². The Morgan fingerprint density at radius 3 is 3.07 bits per heavy atom. The lowest BCUT2D eigenvalue weighted by atomic mass is 10.2. The second-order valence-corrected chi connectivity index (χ2v) is 3.46. The minimum Gasteiger partial charge on any atom is -0.237 e. The highest BCUT2D eigenvalue weighted by Crippen LogP contribution is 2.12. The molecule has 14 heavy (non-hydrogen) atoms. The number of para-hydroxylation sites is 1. The van der Waals surface area contributed by atoms with Crippen molar-refractivity contribution in [2.75, 3.05) is 0 Å². The van der Waals surface area contributed by atoms with Gasteiger partial charge in [0.2, 0.25) is 0 Å².